The Bertz CT molecular complexity index is 242. The molecule has 0 amide bonds. The summed E-state index contributed by atoms with van der Waals surface area (Å²) < 4.78 is 33.3. The quantitative estimate of drug-likeness (QED) is 0.541. The molecule has 0 spiro atoms. The summed E-state index contributed by atoms with van der Waals surface area (Å²) in [4.78, 5) is 17.4. The van der Waals surface area contributed by atoms with Gasteiger partial charge < -0.3 is 15.5 Å². The average Bonchev–Trinajstić information content (AvgIpc) is 1.99. The van der Waals surface area contributed by atoms with E-state index in [-0.39, 0.29) is 13.2 Å². The molecule has 0 fully saturated rings. The van der Waals surface area contributed by atoms with E-state index in [1.165, 1.54) is 0 Å². The number of phosphoric ester groups is 2. The highest BCUT2D eigenvalue weighted by molar-refractivity contribution is 7.61. The number of phosphoric acid groups is 2. The molecule has 0 aromatic carbocycles. The van der Waals surface area contributed by atoms with Crippen molar-refractivity contribution >= 4 is 15.6 Å². The van der Waals surface area contributed by atoms with Crippen molar-refractivity contribution in [3.8, 4) is 0 Å². The van der Waals surface area contributed by atoms with Gasteiger partial charge >= 0.3 is 15.6 Å². The second-order valence-corrected chi connectivity index (χ2v) is 4.97. The first-order valence-corrected chi connectivity index (χ1v) is 6.09. The van der Waals surface area contributed by atoms with Crippen LogP contribution in [0.15, 0.2) is 0 Å². The van der Waals surface area contributed by atoms with Gasteiger partial charge in [0.15, 0.2) is 0 Å². The highest BCUT2D eigenvalue weighted by atomic mass is 31.3. The maximum absolute atomic E-state index is 10.8. The molecular weight excluding hydrogens is 224 g/mol. The van der Waals surface area contributed by atoms with Crippen LogP contribution < -0.4 is 5.73 Å². The second kappa shape index (κ2) is 5.19. The first-order chi connectivity index (χ1) is 5.83. The Morgan fingerprint density at radius 3 is 2.23 bits per heavy atom. The number of hydrogen-bond acceptors (Lipinski definition) is 6. The Hall–Kier alpha value is 0.220. The van der Waals surface area contributed by atoms with Gasteiger partial charge in [-0.05, 0) is 0 Å². The van der Waals surface area contributed by atoms with E-state index in [2.05, 4.69) is 13.4 Å². The van der Waals surface area contributed by atoms with E-state index in [4.69, 9.17) is 15.5 Å². The second-order valence-electron chi connectivity index (χ2n) is 1.82. The highest BCUT2D eigenvalue weighted by Gasteiger charge is 2.33. The van der Waals surface area contributed by atoms with E-state index in [1.807, 2.05) is 0 Å². The van der Waals surface area contributed by atoms with Crippen molar-refractivity contribution < 1.29 is 32.3 Å². The number of rotatable bonds is 6. The van der Waals surface area contributed by atoms with Gasteiger partial charge in [0, 0.05) is 13.7 Å². The van der Waals surface area contributed by atoms with Crippen LogP contribution in [0.4, 0.5) is 0 Å². The monoisotopic (exact) mass is 235 g/mol. The minimum Gasteiger partial charge on any atom is -0.328 e. The molecule has 0 bridgehead atoms. The van der Waals surface area contributed by atoms with Crippen LogP contribution in [-0.2, 0) is 22.5 Å². The summed E-state index contributed by atoms with van der Waals surface area (Å²) in [5.74, 6) is 0. The molecule has 10 heteroatoms. The van der Waals surface area contributed by atoms with Gasteiger partial charge in [0.2, 0.25) is 0 Å². The average molecular weight is 235 g/mol. The van der Waals surface area contributed by atoms with Gasteiger partial charge in [-0.15, -0.1) is 0 Å². The van der Waals surface area contributed by atoms with Crippen LogP contribution >= 0.6 is 15.6 Å². The lowest BCUT2D eigenvalue weighted by Crippen LogP contribution is -2.07. The molecule has 0 heterocycles. The summed E-state index contributed by atoms with van der Waals surface area (Å²) in [6, 6.07) is 0. The summed E-state index contributed by atoms with van der Waals surface area (Å²) in [5, 5.41) is 0. The fourth-order valence-electron chi connectivity index (χ4n) is 0.355. The molecule has 0 saturated carbocycles. The standard InChI is InChI=1S/C3H11NO7P2/c1-9-12(5,6)11-13(7,8)10-3-2-4/h2-4H2,1H3,(H,5,6)(H,7,8). The normalized spacial score (nSPS) is 20.6. The van der Waals surface area contributed by atoms with Gasteiger partial charge in [-0.3, -0.25) is 9.05 Å². The molecule has 0 aromatic rings. The molecule has 2 unspecified atom stereocenters. The third-order valence-corrected chi connectivity index (χ3v) is 3.43. The molecular formula is C3H11NO7P2. The molecule has 80 valence electrons. The van der Waals surface area contributed by atoms with E-state index in [9.17, 15) is 9.13 Å². The fourth-order valence-corrected chi connectivity index (χ4v) is 2.19. The van der Waals surface area contributed by atoms with Crippen LogP contribution in [0.3, 0.4) is 0 Å². The lowest BCUT2D eigenvalue weighted by Gasteiger charge is -2.13. The Balaban J connectivity index is 4.17. The predicted octanol–water partition coefficient (Wildman–Crippen LogP) is -0.175. The van der Waals surface area contributed by atoms with Crippen molar-refractivity contribution in [2.24, 2.45) is 5.73 Å². The molecule has 0 saturated heterocycles. The molecule has 13 heavy (non-hydrogen) atoms. The maximum Gasteiger partial charge on any atom is 0.481 e. The molecule has 0 aliphatic rings. The summed E-state index contributed by atoms with van der Waals surface area (Å²) in [7, 11) is -8.23. The molecule has 0 aliphatic heterocycles. The Morgan fingerprint density at radius 2 is 1.85 bits per heavy atom. The van der Waals surface area contributed by atoms with E-state index in [0.29, 0.717) is 0 Å². The maximum atomic E-state index is 10.8. The fraction of sp³-hybridized carbons (Fsp3) is 1.00. The van der Waals surface area contributed by atoms with Crippen LogP contribution in [0.5, 0.6) is 0 Å². The first kappa shape index (κ1) is 13.2. The van der Waals surface area contributed by atoms with Crippen LogP contribution in [0.2, 0.25) is 0 Å². The van der Waals surface area contributed by atoms with Crippen molar-refractivity contribution in [1.29, 1.82) is 0 Å². The number of hydrogen-bond donors (Lipinski definition) is 3. The predicted molar refractivity (Wildman–Crippen MR) is 42.8 cm³/mol. The van der Waals surface area contributed by atoms with Gasteiger partial charge in [-0.1, -0.05) is 0 Å². The third-order valence-electron chi connectivity index (χ3n) is 0.809. The summed E-state index contributed by atoms with van der Waals surface area (Å²) in [6.45, 7) is -0.284. The molecule has 4 N–H and O–H groups in total. The topological polar surface area (TPSA) is 128 Å². The smallest absolute Gasteiger partial charge is 0.328 e. The molecule has 2 atom stereocenters. The zero-order valence-corrected chi connectivity index (χ0v) is 8.61. The molecule has 0 aromatic heterocycles. The first-order valence-electron chi connectivity index (χ1n) is 3.10. The highest BCUT2D eigenvalue weighted by Crippen LogP contribution is 2.59. The zero-order valence-electron chi connectivity index (χ0n) is 6.82. The van der Waals surface area contributed by atoms with Crippen LogP contribution in [0.1, 0.15) is 0 Å². The van der Waals surface area contributed by atoms with Crippen LogP contribution in [-0.4, -0.2) is 30.0 Å². The van der Waals surface area contributed by atoms with Crippen molar-refractivity contribution in [2.45, 2.75) is 0 Å². The molecule has 0 rings (SSSR count). The van der Waals surface area contributed by atoms with Gasteiger partial charge in [-0.2, -0.15) is 4.31 Å². The lowest BCUT2D eigenvalue weighted by molar-refractivity contribution is 0.171. The third kappa shape index (κ3) is 6.31. The Morgan fingerprint density at radius 1 is 1.31 bits per heavy atom. The number of nitrogens with two attached hydrogens (primary N) is 1. The minimum absolute atomic E-state index is 0.0172. The van der Waals surface area contributed by atoms with Crippen molar-refractivity contribution in [1.82, 2.24) is 0 Å². The Labute approximate surface area is 74.8 Å². The Kier molecular flexibility index (Phi) is 5.28. The van der Waals surface area contributed by atoms with Crippen molar-refractivity contribution in [3.05, 3.63) is 0 Å². The van der Waals surface area contributed by atoms with Crippen LogP contribution in [0, 0.1) is 0 Å². The summed E-state index contributed by atoms with van der Waals surface area (Å²) >= 11 is 0. The van der Waals surface area contributed by atoms with Gasteiger partial charge in [0.05, 0.1) is 6.61 Å². The van der Waals surface area contributed by atoms with E-state index >= 15 is 0 Å². The SMILES string of the molecule is COP(=O)(O)OP(=O)(O)OCCN. The summed E-state index contributed by atoms with van der Waals surface area (Å²) in [6.07, 6.45) is 0. The van der Waals surface area contributed by atoms with Crippen molar-refractivity contribution in [3.63, 3.8) is 0 Å². The molecule has 8 nitrogen and oxygen atoms in total. The summed E-state index contributed by atoms with van der Waals surface area (Å²) in [5.41, 5.74) is 4.96. The zero-order chi connectivity index (χ0) is 10.5. The lowest BCUT2D eigenvalue weighted by atomic mass is 10.8. The van der Waals surface area contributed by atoms with Crippen molar-refractivity contribution in [2.75, 3.05) is 20.3 Å². The van der Waals surface area contributed by atoms with Crippen LogP contribution in [0.25, 0.3) is 0 Å². The van der Waals surface area contributed by atoms with Gasteiger partial charge in [0.1, 0.15) is 0 Å². The molecule has 0 aliphatic carbocycles. The van der Waals surface area contributed by atoms with E-state index < -0.39 is 15.6 Å². The minimum atomic E-state index is -4.57. The van der Waals surface area contributed by atoms with Gasteiger partial charge in [-0.25, -0.2) is 9.13 Å². The largest absolute Gasteiger partial charge is 0.481 e. The molecule has 0 radical (unpaired) electrons. The van der Waals surface area contributed by atoms with E-state index in [1.54, 1.807) is 0 Å². The van der Waals surface area contributed by atoms with E-state index in [0.717, 1.165) is 7.11 Å². The van der Waals surface area contributed by atoms with Gasteiger partial charge in [0.25, 0.3) is 0 Å².